The molecule has 1 saturated heterocycles. The van der Waals surface area contributed by atoms with Crippen molar-refractivity contribution < 1.29 is 9.59 Å². The van der Waals surface area contributed by atoms with Gasteiger partial charge in [-0.15, -0.1) is 0 Å². The molecule has 0 aromatic rings. The number of carbonyl (C=O) groups is 2. The Balaban J connectivity index is 1.51. The molecule has 3 rings (SSSR count). The first-order valence-corrected chi connectivity index (χ1v) is 7.05. The van der Waals surface area contributed by atoms with Gasteiger partial charge in [0.05, 0.1) is 5.41 Å². The first-order valence-electron chi connectivity index (χ1n) is 7.05. The van der Waals surface area contributed by atoms with Gasteiger partial charge in [-0.25, -0.2) is 0 Å². The van der Waals surface area contributed by atoms with Gasteiger partial charge in [0, 0.05) is 19.5 Å². The second kappa shape index (κ2) is 3.97. The maximum absolute atomic E-state index is 12.1. The third-order valence-corrected chi connectivity index (χ3v) is 5.35. The molecule has 100 valence electrons. The first kappa shape index (κ1) is 12.0. The van der Waals surface area contributed by atoms with Crippen molar-refractivity contribution in [2.45, 2.75) is 39.0 Å². The minimum absolute atomic E-state index is 0.228. The van der Waals surface area contributed by atoms with Gasteiger partial charge in [0.1, 0.15) is 0 Å². The summed E-state index contributed by atoms with van der Waals surface area (Å²) in [5.74, 6) is 2.23. The summed E-state index contributed by atoms with van der Waals surface area (Å²) in [6.07, 6.45) is 5.98. The molecule has 3 aliphatic rings. The number of hydrogen-bond acceptors (Lipinski definition) is 2. The van der Waals surface area contributed by atoms with Gasteiger partial charge in [0.15, 0.2) is 0 Å². The number of primary amides is 1. The van der Waals surface area contributed by atoms with Gasteiger partial charge in [0.2, 0.25) is 11.8 Å². The normalized spacial score (nSPS) is 36.5. The molecule has 3 unspecified atom stereocenters. The Bertz CT molecular complexity index is 387. The molecule has 3 atom stereocenters. The number of nitrogens with two attached hydrogens (primary N) is 1. The monoisotopic (exact) mass is 250 g/mol. The van der Waals surface area contributed by atoms with E-state index in [2.05, 4.69) is 0 Å². The van der Waals surface area contributed by atoms with Crippen molar-refractivity contribution in [2.75, 3.05) is 13.1 Å². The molecule has 18 heavy (non-hydrogen) atoms. The Kier molecular flexibility index (Phi) is 2.65. The highest BCUT2D eigenvalue weighted by molar-refractivity contribution is 5.86. The minimum atomic E-state index is -0.482. The van der Waals surface area contributed by atoms with E-state index in [1.165, 1.54) is 25.7 Å². The lowest BCUT2D eigenvalue weighted by molar-refractivity contribution is -0.151. The zero-order chi connectivity index (χ0) is 12.9. The largest absolute Gasteiger partial charge is 0.369 e. The predicted molar refractivity (Wildman–Crippen MR) is 67.4 cm³/mol. The van der Waals surface area contributed by atoms with Crippen LogP contribution in [0, 0.1) is 23.2 Å². The molecular weight excluding hydrogens is 228 g/mol. The fourth-order valence-electron chi connectivity index (χ4n) is 4.11. The summed E-state index contributed by atoms with van der Waals surface area (Å²) in [5, 5.41) is 0. The molecule has 1 aliphatic heterocycles. The van der Waals surface area contributed by atoms with Crippen LogP contribution in [0.1, 0.15) is 39.0 Å². The van der Waals surface area contributed by atoms with Crippen molar-refractivity contribution in [3.05, 3.63) is 0 Å². The van der Waals surface area contributed by atoms with E-state index in [1.54, 1.807) is 4.90 Å². The lowest BCUT2D eigenvalue weighted by Gasteiger charge is -2.46. The zero-order valence-corrected chi connectivity index (χ0v) is 11.0. The highest BCUT2D eigenvalue weighted by Crippen LogP contribution is 2.49. The number of amides is 2. The van der Waals surface area contributed by atoms with Gasteiger partial charge < -0.3 is 10.6 Å². The quantitative estimate of drug-likeness (QED) is 0.816. The Hall–Kier alpha value is -1.06. The van der Waals surface area contributed by atoms with E-state index >= 15 is 0 Å². The maximum Gasteiger partial charge on any atom is 0.226 e. The van der Waals surface area contributed by atoms with Crippen LogP contribution in [0.4, 0.5) is 0 Å². The van der Waals surface area contributed by atoms with Crippen LogP contribution in [-0.4, -0.2) is 29.8 Å². The molecule has 2 aliphatic carbocycles. The smallest absolute Gasteiger partial charge is 0.226 e. The van der Waals surface area contributed by atoms with Gasteiger partial charge in [-0.05, 0) is 43.9 Å². The SMILES string of the molecule is CC1(C(N)=O)CN(C(=O)CC2CC3CCC2C3)C1. The number of likely N-dealkylation sites (tertiary alicyclic amines) is 1. The van der Waals surface area contributed by atoms with E-state index in [4.69, 9.17) is 5.73 Å². The van der Waals surface area contributed by atoms with E-state index in [0.717, 1.165) is 11.8 Å². The molecule has 4 nitrogen and oxygen atoms in total. The summed E-state index contributed by atoms with van der Waals surface area (Å²) in [4.78, 5) is 25.1. The highest BCUT2D eigenvalue weighted by atomic mass is 16.2. The number of rotatable bonds is 3. The summed E-state index contributed by atoms with van der Waals surface area (Å²) < 4.78 is 0. The molecule has 2 saturated carbocycles. The minimum Gasteiger partial charge on any atom is -0.369 e. The van der Waals surface area contributed by atoms with Crippen LogP contribution in [0.3, 0.4) is 0 Å². The topological polar surface area (TPSA) is 63.4 Å². The first-order chi connectivity index (χ1) is 8.48. The molecule has 0 aromatic carbocycles. The predicted octanol–water partition coefficient (Wildman–Crippen LogP) is 1.15. The Morgan fingerprint density at radius 1 is 1.28 bits per heavy atom. The van der Waals surface area contributed by atoms with Crippen molar-refractivity contribution in [1.82, 2.24) is 4.90 Å². The molecule has 0 spiro atoms. The molecule has 0 aromatic heterocycles. The number of hydrogen-bond donors (Lipinski definition) is 1. The molecule has 1 heterocycles. The van der Waals surface area contributed by atoms with E-state index < -0.39 is 5.41 Å². The summed E-state index contributed by atoms with van der Waals surface area (Å²) >= 11 is 0. The van der Waals surface area contributed by atoms with E-state index in [0.29, 0.717) is 25.4 Å². The molecular formula is C14H22N2O2. The summed E-state index contributed by atoms with van der Waals surface area (Å²) in [6, 6.07) is 0. The van der Waals surface area contributed by atoms with Crippen LogP contribution >= 0.6 is 0 Å². The van der Waals surface area contributed by atoms with Crippen molar-refractivity contribution in [3.8, 4) is 0 Å². The summed E-state index contributed by atoms with van der Waals surface area (Å²) in [5.41, 5.74) is 4.85. The number of carbonyl (C=O) groups excluding carboxylic acids is 2. The fourth-order valence-corrected chi connectivity index (χ4v) is 4.11. The van der Waals surface area contributed by atoms with Crippen LogP contribution in [0.25, 0.3) is 0 Å². The average molecular weight is 250 g/mol. The standard InChI is InChI=1S/C14H22N2O2/c1-14(13(15)18)7-16(8-14)12(17)6-11-5-9-2-3-10(11)4-9/h9-11H,2-8H2,1H3,(H2,15,18). The van der Waals surface area contributed by atoms with E-state index in [9.17, 15) is 9.59 Å². The summed E-state index contributed by atoms with van der Waals surface area (Å²) in [7, 11) is 0. The molecule has 3 fully saturated rings. The molecule has 4 heteroatoms. The third kappa shape index (κ3) is 1.82. The van der Waals surface area contributed by atoms with Gasteiger partial charge >= 0.3 is 0 Å². The van der Waals surface area contributed by atoms with Crippen LogP contribution in [0.2, 0.25) is 0 Å². The van der Waals surface area contributed by atoms with Crippen molar-refractivity contribution >= 4 is 11.8 Å². The molecule has 2 bridgehead atoms. The second-order valence-corrected chi connectivity index (χ2v) is 6.81. The van der Waals surface area contributed by atoms with Crippen molar-refractivity contribution in [3.63, 3.8) is 0 Å². The van der Waals surface area contributed by atoms with Gasteiger partial charge in [-0.3, -0.25) is 9.59 Å². The number of nitrogens with zero attached hydrogens (tertiary/aromatic N) is 1. The lowest BCUT2D eigenvalue weighted by Crippen LogP contribution is -2.62. The van der Waals surface area contributed by atoms with Gasteiger partial charge in [-0.2, -0.15) is 0 Å². The van der Waals surface area contributed by atoms with Gasteiger partial charge in [0.25, 0.3) is 0 Å². The lowest BCUT2D eigenvalue weighted by atomic mass is 9.80. The van der Waals surface area contributed by atoms with Crippen LogP contribution in [-0.2, 0) is 9.59 Å². The van der Waals surface area contributed by atoms with Crippen molar-refractivity contribution in [2.24, 2.45) is 28.9 Å². The molecule has 0 radical (unpaired) electrons. The Morgan fingerprint density at radius 3 is 2.50 bits per heavy atom. The average Bonchev–Trinajstić information content (AvgIpc) is 2.85. The Morgan fingerprint density at radius 2 is 2.00 bits per heavy atom. The summed E-state index contributed by atoms with van der Waals surface area (Å²) in [6.45, 7) is 2.88. The van der Waals surface area contributed by atoms with Crippen LogP contribution < -0.4 is 5.73 Å². The fraction of sp³-hybridized carbons (Fsp3) is 0.857. The maximum atomic E-state index is 12.1. The molecule has 2 amide bonds. The second-order valence-electron chi connectivity index (χ2n) is 6.81. The van der Waals surface area contributed by atoms with E-state index in [1.807, 2.05) is 6.92 Å². The highest BCUT2D eigenvalue weighted by Gasteiger charge is 2.47. The Labute approximate surface area is 108 Å². The molecule has 2 N–H and O–H groups in total. The van der Waals surface area contributed by atoms with E-state index in [-0.39, 0.29) is 11.8 Å². The third-order valence-electron chi connectivity index (χ3n) is 5.35. The van der Waals surface area contributed by atoms with Crippen molar-refractivity contribution in [1.29, 1.82) is 0 Å². The van der Waals surface area contributed by atoms with Crippen LogP contribution in [0.15, 0.2) is 0 Å². The number of fused-ring (bicyclic) bond motifs is 2. The van der Waals surface area contributed by atoms with Crippen LogP contribution in [0.5, 0.6) is 0 Å². The van der Waals surface area contributed by atoms with Gasteiger partial charge in [-0.1, -0.05) is 6.42 Å². The zero-order valence-electron chi connectivity index (χ0n) is 11.0.